The molecule has 0 saturated carbocycles. The van der Waals surface area contributed by atoms with Crippen LogP contribution in [0.25, 0.3) is 0 Å². The van der Waals surface area contributed by atoms with E-state index in [9.17, 15) is 0 Å². The third-order valence-corrected chi connectivity index (χ3v) is 3.60. The molecule has 5 heteroatoms. The Morgan fingerprint density at radius 3 is 2.11 bits per heavy atom. The van der Waals surface area contributed by atoms with Crippen molar-refractivity contribution >= 4 is 12.6 Å². The molecule has 1 aromatic rings. The van der Waals surface area contributed by atoms with Gasteiger partial charge < -0.3 is 14.2 Å². The van der Waals surface area contributed by atoms with E-state index < -0.39 is 7.12 Å². The van der Waals surface area contributed by atoms with Gasteiger partial charge in [0.05, 0.1) is 18.3 Å². The predicted molar refractivity (Wildman–Crippen MR) is 69.8 cm³/mol. The van der Waals surface area contributed by atoms with Crippen LogP contribution in [-0.2, 0) is 14.2 Å². The average Bonchev–Trinajstić information content (AvgIpc) is 2.49. The average molecular weight is 250 g/mol. The lowest BCUT2D eigenvalue weighted by atomic mass is 9.78. The first-order chi connectivity index (χ1) is 8.37. The van der Waals surface area contributed by atoms with Gasteiger partial charge in [-0.15, -0.1) is 0 Å². The van der Waals surface area contributed by atoms with Crippen molar-refractivity contribution in [2.24, 2.45) is 0 Å². The molecule has 1 fully saturated rings. The van der Waals surface area contributed by atoms with E-state index in [0.717, 1.165) is 5.46 Å². The highest BCUT2D eigenvalue weighted by Crippen LogP contribution is 2.37. The molecule has 2 rings (SSSR count). The fourth-order valence-electron chi connectivity index (χ4n) is 1.81. The summed E-state index contributed by atoms with van der Waals surface area (Å²) in [5.74, 6) is 0.610. The van der Waals surface area contributed by atoms with Crippen LogP contribution in [0.5, 0.6) is 5.75 Å². The molecular weight excluding hydrogens is 231 g/mol. The third kappa shape index (κ3) is 2.26. The maximum absolute atomic E-state index is 5.98. The summed E-state index contributed by atoms with van der Waals surface area (Å²) in [6.45, 7) is 8.08. The summed E-state index contributed by atoms with van der Waals surface area (Å²) in [4.78, 5) is 9.85. The minimum Gasteiger partial charge on any atom is -0.399 e. The summed E-state index contributed by atoms with van der Waals surface area (Å²) in [6.07, 6.45) is 0. The fraction of sp³-hybridized carbons (Fsp3) is 0.538. The number of hydrogen-bond acceptors (Lipinski definition) is 4. The largest absolute Gasteiger partial charge is 0.498 e. The molecule has 0 N–H and O–H groups in total. The van der Waals surface area contributed by atoms with Crippen molar-refractivity contribution in [2.45, 2.75) is 38.9 Å². The van der Waals surface area contributed by atoms with Gasteiger partial charge in [0.15, 0.2) is 5.75 Å². The second kappa shape index (κ2) is 4.57. The van der Waals surface area contributed by atoms with Crippen molar-refractivity contribution < 1.29 is 19.1 Å². The number of rotatable bonds is 3. The summed E-state index contributed by atoms with van der Waals surface area (Å²) >= 11 is 0. The maximum atomic E-state index is 5.98. The smallest absolute Gasteiger partial charge is 0.399 e. The Bertz CT molecular complexity index is 415. The van der Waals surface area contributed by atoms with E-state index in [2.05, 4.69) is 0 Å². The molecule has 0 aliphatic carbocycles. The second-order valence-electron chi connectivity index (χ2n) is 5.38. The van der Waals surface area contributed by atoms with E-state index in [1.807, 2.05) is 52.0 Å². The van der Waals surface area contributed by atoms with Gasteiger partial charge in [-0.05, 0) is 33.8 Å². The minimum atomic E-state index is -0.443. The van der Waals surface area contributed by atoms with Gasteiger partial charge in [0, 0.05) is 5.46 Å². The molecule has 4 nitrogen and oxygen atoms in total. The zero-order chi connectivity index (χ0) is 13.4. The number of para-hydroxylation sites is 1. The van der Waals surface area contributed by atoms with Gasteiger partial charge >= 0.3 is 7.12 Å². The Kier molecular flexibility index (Phi) is 3.40. The van der Waals surface area contributed by atoms with Crippen LogP contribution in [0.3, 0.4) is 0 Å². The standard InChI is InChI=1S/C13H19BO4/c1-12(2)13(3,4)18-14(17-12)10-8-6-7-9-11(10)16-15-5/h6-9H,1-5H3. The van der Waals surface area contributed by atoms with Crippen molar-refractivity contribution in [1.29, 1.82) is 0 Å². The first kappa shape index (κ1) is 13.4. The highest BCUT2D eigenvalue weighted by Gasteiger charge is 2.52. The Balaban J connectivity index is 2.29. The fourth-order valence-corrected chi connectivity index (χ4v) is 1.81. The molecule has 1 aliphatic rings. The molecule has 0 spiro atoms. The first-order valence-electron chi connectivity index (χ1n) is 6.02. The van der Waals surface area contributed by atoms with Gasteiger partial charge in [0.25, 0.3) is 0 Å². The Morgan fingerprint density at radius 1 is 1.00 bits per heavy atom. The van der Waals surface area contributed by atoms with Gasteiger partial charge in [-0.3, -0.25) is 0 Å². The molecule has 0 aromatic heterocycles. The highest BCUT2D eigenvalue weighted by molar-refractivity contribution is 6.63. The van der Waals surface area contributed by atoms with Gasteiger partial charge in [-0.1, -0.05) is 18.2 Å². The molecular formula is C13H19BO4. The van der Waals surface area contributed by atoms with E-state index >= 15 is 0 Å². The Labute approximate surface area is 108 Å². The van der Waals surface area contributed by atoms with Crippen molar-refractivity contribution in [3.05, 3.63) is 24.3 Å². The van der Waals surface area contributed by atoms with Crippen LogP contribution in [-0.4, -0.2) is 25.4 Å². The predicted octanol–water partition coefficient (Wildman–Crippen LogP) is 1.93. The Hall–Kier alpha value is -1.04. The van der Waals surface area contributed by atoms with Gasteiger partial charge in [-0.25, -0.2) is 0 Å². The summed E-state index contributed by atoms with van der Waals surface area (Å²) in [5.41, 5.74) is 0.105. The molecule has 0 unspecified atom stereocenters. The quantitative estimate of drug-likeness (QED) is 0.466. The topological polar surface area (TPSA) is 36.9 Å². The van der Waals surface area contributed by atoms with E-state index in [1.54, 1.807) is 0 Å². The molecule has 0 radical (unpaired) electrons. The third-order valence-electron chi connectivity index (χ3n) is 3.60. The van der Waals surface area contributed by atoms with Gasteiger partial charge in [0.1, 0.15) is 0 Å². The lowest BCUT2D eigenvalue weighted by molar-refractivity contribution is -0.177. The van der Waals surface area contributed by atoms with Crippen LogP contribution >= 0.6 is 0 Å². The number of hydrogen-bond donors (Lipinski definition) is 0. The van der Waals surface area contributed by atoms with E-state index in [1.165, 1.54) is 7.11 Å². The van der Waals surface area contributed by atoms with Crippen molar-refractivity contribution in [3.63, 3.8) is 0 Å². The monoisotopic (exact) mass is 250 g/mol. The first-order valence-corrected chi connectivity index (χ1v) is 6.02. The lowest BCUT2D eigenvalue weighted by Gasteiger charge is -2.32. The van der Waals surface area contributed by atoms with Crippen molar-refractivity contribution in [3.8, 4) is 5.75 Å². The van der Waals surface area contributed by atoms with Gasteiger partial charge in [0.2, 0.25) is 0 Å². The summed E-state index contributed by atoms with van der Waals surface area (Å²) in [6, 6.07) is 7.53. The molecule has 1 heterocycles. The van der Waals surface area contributed by atoms with E-state index in [0.29, 0.717) is 5.75 Å². The highest BCUT2D eigenvalue weighted by atomic mass is 17.2. The molecule has 1 aromatic carbocycles. The van der Waals surface area contributed by atoms with Crippen molar-refractivity contribution in [1.82, 2.24) is 0 Å². The molecule has 18 heavy (non-hydrogen) atoms. The maximum Gasteiger partial charge on any atom is 0.498 e. The van der Waals surface area contributed by atoms with Crippen LogP contribution in [0.1, 0.15) is 27.7 Å². The molecule has 98 valence electrons. The molecule has 0 bridgehead atoms. The minimum absolute atomic E-state index is 0.363. The second-order valence-corrected chi connectivity index (χ2v) is 5.38. The van der Waals surface area contributed by atoms with Crippen LogP contribution in [0, 0.1) is 0 Å². The zero-order valence-electron chi connectivity index (χ0n) is 11.5. The van der Waals surface area contributed by atoms with Gasteiger partial charge in [-0.2, -0.15) is 4.89 Å². The molecule has 0 amide bonds. The van der Waals surface area contributed by atoms with E-state index in [-0.39, 0.29) is 11.2 Å². The van der Waals surface area contributed by atoms with Crippen LogP contribution in [0.2, 0.25) is 0 Å². The van der Waals surface area contributed by atoms with Crippen LogP contribution < -0.4 is 10.4 Å². The molecule has 1 saturated heterocycles. The Morgan fingerprint density at radius 2 is 1.56 bits per heavy atom. The summed E-state index contributed by atoms with van der Waals surface area (Å²) in [7, 11) is 1.03. The lowest BCUT2D eigenvalue weighted by Crippen LogP contribution is -2.41. The molecule has 0 atom stereocenters. The van der Waals surface area contributed by atoms with Crippen molar-refractivity contribution in [2.75, 3.05) is 7.11 Å². The normalized spacial score (nSPS) is 21.1. The van der Waals surface area contributed by atoms with Crippen LogP contribution in [0.15, 0.2) is 24.3 Å². The SMILES string of the molecule is COOc1ccccc1B1OC(C)(C)C(C)(C)O1. The zero-order valence-corrected chi connectivity index (χ0v) is 11.5. The number of benzene rings is 1. The molecule has 1 aliphatic heterocycles. The summed E-state index contributed by atoms with van der Waals surface area (Å²) < 4.78 is 12.0. The van der Waals surface area contributed by atoms with Crippen LogP contribution in [0.4, 0.5) is 0 Å². The van der Waals surface area contributed by atoms with E-state index in [4.69, 9.17) is 19.1 Å². The summed E-state index contributed by atoms with van der Waals surface area (Å²) in [5, 5.41) is 0.